The standard InChI is InChI=1S/C8H12INO/c1-4-6-7(9)8(5(2)3)11-10-6/h5H,4H2,1-3H3. The number of hydrogen-bond donors (Lipinski definition) is 0. The third-order valence-corrected chi connectivity index (χ3v) is 2.74. The van der Waals surface area contributed by atoms with E-state index in [-0.39, 0.29) is 0 Å². The second-order valence-electron chi connectivity index (χ2n) is 2.82. The zero-order valence-corrected chi connectivity index (χ0v) is 9.18. The van der Waals surface area contributed by atoms with Crippen molar-refractivity contribution in [3.63, 3.8) is 0 Å². The molecule has 0 amide bonds. The Bertz CT molecular complexity index is 242. The van der Waals surface area contributed by atoms with Gasteiger partial charge in [-0.15, -0.1) is 0 Å². The maximum atomic E-state index is 5.19. The first-order valence-corrected chi connectivity index (χ1v) is 4.88. The van der Waals surface area contributed by atoms with E-state index < -0.39 is 0 Å². The molecule has 62 valence electrons. The monoisotopic (exact) mass is 265 g/mol. The van der Waals surface area contributed by atoms with Crippen LogP contribution in [0.1, 0.15) is 38.1 Å². The predicted molar refractivity (Wildman–Crippen MR) is 52.7 cm³/mol. The summed E-state index contributed by atoms with van der Waals surface area (Å²) in [5.41, 5.74) is 1.08. The first-order chi connectivity index (χ1) is 5.16. The molecule has 0 saturated carbocycles. The van der Waals surface area contributed by atoms with Gasteiger partial charge < -0.3 is 4.52 Å². The first-order valence-electron chi connectivity index (χ1n) is 3.80. The van der Waals surface area contributed by atoms with Gasteiger partial charge in [0.1, 0.15) is 0 Å². The summed E-state index contributed by atoms with van der Waals surface area (Å²) in [6, 6.07) is 0. The van der Waals surface area contributed by atoms with E-state index in [2.05, 4.69) is 48.5 Å². The van der Waals surface area contributed by atoms with E-state index in [1.54, 1.807) is 0 Å². The third kappa shape index (κ3) is 1.75. The molecule has 0 spiro atoms. The largest absolute Gasteiger partial charge is 0.360 e. The average Bonchev–Trinajstić information content (AvgIpc) is 2.30. The number of halogens is 1. The van der Waals surface area contributed by atoms with Crippen molar-refractivity contribution >= 4 is 22.6 Å². The predicted octanol–water partition coefficient (Wildman–Crippen LogP) is 2.97. The third-order valence-electron chi connectivity index (χ3n) is 1.58. The number of nitrogens with zero attached hydrogens (tertiary/aromatic N) is 1. The van der Waals surface area contributed by atoms with E-state index in [9.17, 15) is 0 Å². The molecule has 0 unspecified atom stereocenters. The van der Waals surface area contributed by atoms with Gasteiger partial charge in [0, 0.05) is 5.92 Å². The summed E-state index contributed by atoms with van der Waals surface area (Å²) < 4.78 is 6.38. The highest BCUT2D eigenvalue weighted by molar-refractivity contribution is 14.1. The minimum absolute atomic E-state index is 0.440. The molecule has 0 aromatic carbocycles. The fraction of sp³-hybridized carbons (Fsp3) is 0.625. The highest BCUT2D eigenvalue weighted by Gasteiger charge is 2.14. The normalized spacial score (nSPS) is 11.0. The molecule has 0 fully saturated rings. The second-order valence-corrected chi connectivity index (χ2v) is 3.89. The Hall–Kier alpha value is -0.0600. The first kappa shape index (κ1) is 9.03. The molecule has 0 bridgehead atoms. The summed E-state index contributed by atoms with van der Waals surface area (Å²) in [5, 5.41) is 3.97. The number of aryl methyl sites for hydroxylation is 1. The van der Waals surface area contributed by atoms with Crippen LogP contribution in [0.2, 0.25) is 0 Å². The van der Waals surface area contributed by atoms with Gasteiger partial charge in [0.2, 0.25) is 0 Å². The van der Waals surface area contributed by atoms with Gasteiger partial charge >= 0.3 is 0 Å². The lowest BCUT2D eigenvalue weighted by molar-refractivity contribution is 0.365. The lowest BCUT2D eigenvalue weighted by Crippen LogP contribution is -1.88. The fourth-order valence-corrected chi connectivity index (χ4v) is 2.11. The van der Waals surface area contributed by atoms with Crippen molar-refractivity contribution in [2.24, 2.45) is 0 Å². The Labute approximate surface area is 80.5 Å². The highest BCUT2D eigenvalue weighted by Crippen LogP contribution is 2.24. The summed E-state index contributed by atoms with van der Waals surface area (Å²) in [5.74, 6) is 1.46. The smallest absolute Gasteiger partial charge is 0.152 e. The summed E-state index contributed by atoms with van der Waals surface area (Å²) in [4.78, 5) is 0. The molecule has 0 aliphatic heterocycles. The molecular weight excluding hydrogens is 253 g/mol. The number of rotatable bonds is 2. The van der Waals surface area contributed by atoms with Crippen molar-refractivity contribution in [1.82, 2.24) is 5.16 Å². The van der Waals surface area contributed by atoms with E-state index in [1.807, 2.05) is 0 Å². The SMILES string of the molecule is CCc1noc(C(C)C)c1I. The van der Waals surface area contributed by atoms with Crippen LogP contribution >= 0.6 is 22.6 Å². The van der Waals surface area contributed by atoms with E-state index in [1.165, 1.54) is 3.57 Å². The summed E-state index contributed by atoms with van der Waals surface area (Å²) in [7, 11) is 0. The van der Waals surface area contributed by atoms with Gasteiger partial charge in [-0.2, -0.15) is 0 Å². The van der Waals surface area contributed by atoms with Gasteiger partial charge in [0.05, 0.1) is 9.26 Å². The maximum Gasteiger partial charge on any atom is 0.152 e. The summed E-state index contributed by atoms with van der Waals surface area (Å²) in [6.45, 7) is 6.31. The van der Waals surface area contributed by atoms with Crippen LogP contribution in [0.25, 0.3) is 0 Å². The molecule has 0 atom stereocenters. The molecule has 0 aliphatic rings. The highest BCUT2D eigenvalue weighted by atomic mass is 127. The van der Waals surface area contributed by atoms with Crippen LogP contribution in [0.15, 0.2) is 4.52 Å². The van der Waals surface area contributed by atoms with Gasteiger partial charge in [0.25, 0.3) is 0 Å². The zero-order valence-electron chi connectivity index (χ0n) is 7.02. The van der Waals surface area contributed by atoms with Crippen LogP contribution in [-0.2, 0) is 6.42 Å². The molecule has 3 heteroatoms. The minimum atomic E-state index is 0.440. The van der Waals surface area contributed by atoms with Gasteiger partial charge in [-0.3, -0.25) is 0 Å². The molecule has 1 aromatic rings. The zero-order chi connectivity index (χ0) is 8.43. The van der Waals surface area contributed by atoms with Crippen LogP contribution in [0.4, 0.5) is 0 Å². The van der Waals surface area contributed by atoms with Crippen LogP contribution < -0.4 is 0 Å². The molecular formula is C8H12INO. The summed E-state index contributed by atoms with van der Waals surface area (Å²) >= 11 is 2.30. The molecule has 0 saturated heterocycles. The lowest BCUT2D eigenvalue weighted by atomic mass is 10.1. The van der Waals surface area contributed by atoms with Gasteiger partial charge in [0.15, 0.2) is 5.76 Å². The quantitative estimate of drug-likeness (QED) is 0.768. The minimum Gasteiger partial charge on any atom is -0.360 e. The molecule has 0 radical (unpaired) electrons. The van der Waals surface area contributed by atoms with Crippen LogP contribution in [0.3, 0.4) is 0 Å². The topological polar surface area (TPSA) is 26.0 Å². The van der Waals surface area contributed by atoms with Crippen LogP contribution in [0, 0.1) is 3.57 Å². The second kappa shape index (κ2) is 3.56. The van der Waals surface area contributed by atoms with Crippen molar-refractivity contribution < 1.29 is 4.52 Å². The Balaban J connectivity index is 3.00. The Morgan fingerprint density at radius 1 is 1.55 bits per heavy atom. The molecule has 1 aromatic heterocycles. The van der Waals surface area contributed by atoms with E-state index in [4.69, 9.17) is 4.52 Å². The molecule has 0 N–H and O–H groups in total. The number of aromatic nitrogens is 1. The van der Waals surface area contributed by atoms with E-state index in [0.29, 0.717) is 5.92 Å². The Morgan fingerprint density at radius 3 is 2.45 bits per heavy atom. The average molecular weight is 265 g/mol. The molecule has 1 rings (SSSR count). The van der Waals surface area contributed by atoms with Crippen molar-refractivity contribution in [2.45, 2.75) is 33.1 Å². The van der Waals surface area contributed by atoms with Crippen molar-refractivity contribution in [2.75, 3.05) is 0 Å². The van der Waals surface area contributed by atoms with Gasteiger partial charge in [-0.25, -0.2) is 0 Å². The Morgan fingerprint density at radius 2 is 2.18 bits per heavy atom. The van der Waals surface area contributed by atoms with Crippen molar-refractivity contribution in [1.29, 1.82) is 0 Å². The van der Waals surface area contributed by atoms with E-state index in [0.717, 1.165) is 17.9 Å². The van der Waals surface area contributed by atoms with Gasteiger partial charge in [-0.1, -0.05) is 25.9 Å². The van der Waals surface area contributed by atoms with Crippen LogP contribution in [0.5, 0.6) is 0 Å². The lowest BCUT2D eigenvalue weighted by Gasteiger charge is -1.97. The molecule has 11 heavy (non-hydrogen) atoms. The van der Waals surface area contributed by atoms with Crippen molar-refractivity contribution in [3.8, 4) is 0 Å². The summed E-state index contributed by atoms with van der Waals surface area (Å²) in [6.07, 6.45) is 0.953. The number of hydrogen-bond acceptors (Lipinski definition) is 2. The molecule has 0 aliphatic carbocycles. The Kier molecular flexibility index (Phi) is 2.92. The van der Waals surface area contributed by atoms with Crippen molar-refractivity contribution in [3.05, 3.63) is 15.0 Å². The van der Waals surface area contributed by atoms with Crippen LogP contribution in [-0.4, -0.2) is 5.16 Å². The molecule has 1 heterocycles. The van der Waals surface area contributed by atoms with E-state index >= 15 is 0 Å². The maximum absolute atomic E-state index is 5.19. The molecule has 2 nitrogen and oxygen atoms in total. The van der Waals surface area contributed by atoms with Gasteiger partial charge in [-0.05, 0) is 29.0 Å². The fourth-order valence-electron chi connectivity index (χ4n) is 0.905.